The minimum atomic E-state index is 0.252. The Morgan fingerprint density at radius 1 is 0.714 bits per heavy atom. The largest absolute Gasteiger partial charge is 0.396 e. The number of rotatable bonds is 14. The van der Waals surface area contributed by atoms with Gasteiger partial charge in [-0.15, -0.1) is 0 Å². The van der Waals surface area contributed by atoms with E-state index in [1.807, 2.05) is 0 Å². The van der Waals surface area contributed by atoms with Gasteiger partial charge < -0.3 is 14.9 Å². The number of unbranched alkanes of at least 4 members (excludes halogenated alkanes) is 6. The number of epoxide rings is 1. The number of ether oxygens (including phenoxy) is 1. The van der Waals surface area contributed by atoms with E-state index in [-0.39, 0.29) is 6.61 Å². The Kier molecular flexibility index (Phi) is 11.4. The number of hydrogen-bond donors (Lipinski definition) is 2. The van der Waals surface area contributed by atoms with Crippen LogP contribution >= 0.6 is 0 Å². The van der Waals surface area contributed by atoms with E-state index >= 15 is 0 Å². The summed E-state index contributed by atoms with van der Waals surface area (Å²) in [7, 11) is 0. The van der Waals surface area contributed by atoms with Crippen molar-refractivity contribution in [1.29, 1.82) is 0 Å². The summed E-state index contributed by atoms with van der Waals surface area (Å²) in [5.74, 6) is 0. The fourth-order valence-electron chi connectivity index (χ4n) is 2.43. The Labute approximate surface area is 129 Å². The average Bonchev–Trinajstić information content (AvgIpc) is 3.24. The summed E-state index contributed by atoms with van der Waals surface area (Å²) >= 11 is 0. The molecule has 1 heterocycles. The highest BCUT2D eigenvalue weighted by atomic mass is 16.6. The van der Waals surface area contributed by atoms with Gasteiger partial charge in [-0.2, -0.15) is 0 Å². The number of hydrogen-bond acceptors (Lipinski definition) is 3. The van der Waals surface area contributed by atoms with Crippen LogP contribution in [0.4, 0.5) is 0 Å². The average molecular weight is 296 g/mol. The predicted octanol–water partition coefficient (Wildman–Crippen LogP) is 3.75. The molecule has 0 saturated carbocycles. The van der Waals surface area contributed by atoms with E-state index in [0.717, 1.165) is 32.1 Å². The van der Waals surface area contributed by atoms with Gasteiger partial charge in [-0.1, -0.05) is 43.6 Å². The standard InChI is InChI=1S/C18H32O3/c19-15-11-7-3-1-5-9-13-17-18(21-17)14-10-6-2-4-8-12-16-20/h3,7,10,14,17-20H,1-2,4-6,8-9,11-13,15-16H2/b7-3+,14-10+. The molecule has 1 aliphatic heterocycles. The summed E-state index contributed by atoms with van der Waals surface area (Å²) in [5, 5.41) is 17.3. The molecule has 1 rings (SSSR count). The first-order valence-electron chi connectivity index (χ1n) is 8.57. The van der Waals surface area contributed by atoms with Crippen molar-refractivity contribution in [2.24, 2.45) is 0 Å². The monoisotopic (exact) mass is 296 g/mol. The van der Waals surface area contributed by atoms with E-state index in [1.54, 1.807) is 0 Å². The molecule has 21 heavy (non-hydrogen) atoms. The Hall–Kier alpha value is -0.640. The molecule has 0 bridgehead atoms. The third kappa shape index (κ3) is 10.7. The summed E-state index contributed by atoms with van der Waals surface area (Å²) in [6, 6.07) is 0. The van der Waals surface area contributed by atoms with Crippen LogP contribution in [0.1, 0.15) is 64.2 Å². The molecule has 0 aromatic heterocycles. The molecule has 3 heteroatoms. The van der Waals surface area contributed by atoms with Crippen molar-refractivity contribution < 1.29 is 14.9 Å². The molecule has 2 atom stereocenters. The first kappa shape index (κ1) is 18.4. The van der Waals surface area contributed by atoms with E-state index in [1.165, 1.54) is 32.1 Å². The van der Waals surface area contributed by atoms with Crippen LogP contribution in [0.15, 0.2) is 24.3 Å². The maximum absolute atomic E-state index is 8.68. The zero-order chi connectivity index (χ0) is 15.2. The topological polar surface area (TPSA) is 53.0 Å². The molecule has 0 aromatic carbocycles. The lowest BCUT2D eigenvalue weighted by Crippen LogP contribution is -1.90. The van der Waals surface area contributed by atoms with Gasteiger partial charge in [0.15, 0.2) is 0 Å². The molecule has 0 aromatic rings. The van der Waals surface area contributed by atoms with Crippen LogP contribution in [-0.4, -0.2) is 35.6 Å². The van der Waals surface area contributed by atoms with Crippen molar-refractivity contribution in [3.63, 3.8) is 0 Å². The minimum absolute atomic E-state index is 0.252. The highest BCUT2D eigenvalue weighted by Gasteiger charge is 2.35. The maximum Gasteiger partial charge on any atom is 0.102 e. The van der Waals surface area contributed by atoms with E-state index in [9.17, 15) is 0 Å². The Morgan fingerprint density at radius 3 is 2.24 bits per heavy atom. The zero-order valence-corrected chi connectivity index (χ0v) is 13.3. The Bertz CT molecular complexity index is 286. The van der Waals surface area contributed by atoms with Gasteiger partial charge >= 0.3 is 0 Å². The van der Waals surface area contributed by atoms with E-state index in [2.05, 4.69) is 24.3 Å². The van der Waals surface area contributed by atoms with Crippen LogP contribution in [0.2, 0.25) is 0 Å². The predicted molar refractivity (Wildman–Crippen MR) is 87.3 cm³/mol. The van der Waals surface area contributed by atoms with Crippen LogP contribution in [0.25, 0.3) is 0 Å². The first-order chi connectivity index (χ1) is 10.4. The molecule has 0 amide bonds. The summed E-state index contributed by atoms with van der Waals surface area (Å²) < 4.78 is 5.64. The fourth-order valence-corrected chi connectivity index (χ4v) is 2.43. The molecule has 2 N–H and O–H groups in total. The van der Waals surface area contributed by atoms with E-state index < -0.39 is 0 Å². The summed E-state index contributed by atoms with van der Waals surface area (Å²) in [6.45, 7) is 0.576. The molecule has 3 nitrogen and oxygen atoms in total. The Morgan fingerprint density at radius 2 is 1.43 bits per heavy atom. The van der Waals surface area contributed by atoms with E-state index in [4.69, 9.17) is 14.9 Å². The van der Waals surface area contributed by atoms with Crippen LogP contribution in [0, 0.1) is 0 Å². The lowest BCUT2D eigenvalue weighted by molar-refractivity contribution is 0.282. The van der Waals surface area contributed by atoms with Crippen molar-refractivity contribution in [3.8, 4) is 0 Å². The molecule has 1 fully saturated rings. The number of aliphatic hydroxyl groups excluding tert-OH is 2. The Balaban J connectivity index is 1.85. The van der Waals surface area contributed by atoms with Gasteiger partial charge in [0.2, 0.25) is 0 Å². The fraction of sp³-hybridized carbons (Fsp3) is 0.778. The zero-order valence-electron chi connectivity index (χ0n) is 13.3. The molecule has 0 aliphatic carbocycles. The third-order valence-corrected chi connectivity index (χ3v) is 3.80. The van der Waals surface area contributed by atoms with Crippen molar-refractivity contribution in [2.75, 3.05) is 13.2 Å². The molecule has 2 unspecified atom stereocenters. The van der Waals surface area contributed by atoms with Crippen molar-refractivity contribution in [3.05, 3.63) is 24.3 Å². The quantitative estimate of drug-likeness (QED) is 0.291. The van der Waals surface area contributed by atoms with Crippen molar-refractivity contribution in [1.82, 2.24) is 0 Å². The summed E-state index contributed by atoms with van der Waals surface area (Å²) in [4.78, 5) is 0. The number of allylic oxidation sites excluding steroid dienone is 2. The molecular formula is C18H32O3. The molecule has 122 valence electrons. The van der Waals surface area contributed by atoms with Crippen molar-refractivity contribution in [2.45, 2.75) is 76.4 Å². The minimum Gasteiger partial charge on any atom is -0.396 e. The number of aliphatic hydroxyl groups is 2. The lowest BCUT2D eigenvalue weighted by atomic mass is 10.1. The van der Waals surface area contributed by atoms with Crippen LogP contribution in [-0.2, 0) is 4.74 Å². The second kappa shape index (κ2) is 13.1. The molecule has 0 spiro atoms. The van der Waals surface area contributed by atoms with Crippen molar-refractivity contribution >= 4 is 0 Å². The molecular weight excluding hydrogens is 264 g/mol. The summed E-state index contributed by atoms with van der Waals surface area (Å²) in [5.41, 5.74) is 0. The van der Waals surface area contributed by atoms with Gasteiger partial charge in [-0.3, -0.25) is 0 Å². The smallest absolute Gasteiger partial charge is 0.102 e. The van der Waals surface area contributed by atoms with Crippen LogP contribution in [0.5, 0.6) is 0 Å². The van der Waals surface area contributed by atoms with Gasteiger partial charge in [-0.25, -0.2) is 0 Å². The maximum atomic E-state index is 8.68. The SMILES string of the molecule is OCC/C=C/CCCCC1OC1/C=C/CCCCCCO. The third-order valence-electron chi connectivity index (χ3n) is 3.80. The van der Waals surface area contributed by atoms with Crippen LogP contribution < -0.4 is 0 Å². The molecule has 0 radical (unpaired) electrons. The first-order valence-corrected chi connectivity index (χ1v) is 8.57. The second-order valence-electron chi connectivity index (χ2n) is 5.76. The highest BCUT2D eigenvalue weighted by molar-refractivity contribution is 5.02. The molecule has 1 saturated heterocycles. The summed E-state index contributed by atoms with van der Waals surface area (Å²) in [6.07, 6.45) is 20.6. The van der Waals surface area contributed by atoms with Gasteiger partial charge in [0.05, 0.1) is 6.10 Å². The normalized spacial score (nSPS) is 21.6. The van der Waals surface area contributed by atoms with Gasteiger partial charge in [-0.05, 0) is 44.9 Å². The highest BCUT2D eigenvalue weighted by Crippen LogP contribution is 2.28. The van der Waals surface area contributed by atoms with E-state index in [0.29, 0.717) is 18.8 Å². The van der Waals surface area contributed by atoms with Crippen LogP contribution in [0.3, 0.4) is 0 Å². The molecule has 1 aliphatic rings. The lowest BCUT2D eigenvalue weighted by Gasteiger charge is -1.95. The second-order valence-corrected chi connectivity index (χ2v) is 5.76. The van der Waals surface area contributed by atoms with Gasteiger partial charge in [0.25, 0.3) is 0 Å². The van der Waals surface area contributed by atoms with Gasteiger partial charge in [0, 0.05) is 13.2 Å². The van der Waals surface area contributed by atoms with Gasteiger partial charge in [0.1, 0.15) is 6.10 Å².